The largest absolute Gasteiger partial charge is 0.252 e. The molecule has 78 valence electrons. The molecule has 0 aliphatic rings. The van der Waals surface area contributed by atoms with Gasteiger partial charge < -0.3 is 0 Å². The molecular weight excluding hydrogens is 287 g/mol. The highest BCUT2D eigenvalue weighted by Gasteiger charge is 2.30. The summed E-state index contributed by atoms with van der Waals surface area (Å²) in [6.45, 7) is 0. The quantitative estimate of drug-likeness (QED) is 0.618. The third-order valence-electron chi connectivity index (χ3n) is 1.24. The molecule has 14 heavy (non-hydrogen) atoms. The Hall–Kier alpha value is 0.390. The first-order valence-electron chi connectivity index (χ1n) is 3.39. The van der Waals surface area contributed by atoms with Crippen molar-refractivity contribution in [1.29, 1.82) is 0 Å². The standard InChI is InChI=1S/C7H5Cl3O2S2/c8-7(9,10)13-14(11,12)6-4-2-1-3-5-6/h1-5H. The zero-order valence-electron chi connectivity index (χ0n) is 6.65. The maximum Gasteiger partial charge on any atom is 0.252 e. The van der Waals surface area contributed by atoms with Crippen LogP contribution in [0, 0.1) is 0 Å². The van der Waals surface area contributed by atoms with Crippen LogP contribution in [0.15, 0.2) is 35.2 Å². The van der Waals surface area contributed by atoms with Gasteiger partial charge in [-0.2, -0.15) is 0 Å². The molecule has 0 amide bonds. The third kappa shape index (κ3) is 3.87. The van der Waals surface area contributed by atoms with E-state index in [0.717, 1.165) is 0 Å². The van der Waals surface area contributed by atoms with Gasteiger partial charge in [-0.3, -0.25) is 0 Å². The van der Waals surface area contributed by atoms with E-state index in [0.29, 0.717) is 0 Å². The van der Waals surface area contributed by atoms with Crippen LogP contribution in [0.5, 0.6) is 0 Å². The molecule has 0 saturated heterocycles. The lowest BCUT2D eigenvalue weighted by Crippen LogP contribution is -2.03. The first kappa shape index (κ1) is 12.5. The minimum atomic E-state index is -3.60. The highest BCUT2D eigenvalue weighted by Crippen LogP contribution is 2.44. The van der Waals surface area contributed by atoms with E-state index >= 15 is 0 Å². The summed E-state index contributed by atoms with van der Waals surface area (Å²) in [4.78, 5) is 0.122. The first-order valence-corrected chi connectivity index (χ1v) is 7.34. The molecule has 0 radical (unpaired) electrons. The van der Waals surface area contributed by atoms with Crippen molar-refractivity contribution in [2.75, 3.05) is 0 Å². The predicted molar refractivity (Wildman–Crippen MR) is 61.5 cm³/mol. The summed E-state index contributed by atoms with van der Waals surface area (Å²) in [5.74, 6) is 0. The summed E-state index contributed by atoms with van der Waals surface area (Å²) >= 11 is 16.1. The number of halogens is 3. The van der Waals surface area contributed by atoms with Crippen LogP contribution in [0.25, 0.3) is 0 Å². The van der Waals surface area contributed by atoms with Crippen LogP contribution >= 0.6 is 45.6 Å². The van der Waals surface area contributed by atoms with Gasteiger partial charge in [-0.15, -0.1) is 0 Å². The van der Waals surface area contributed by atoms with Crippen LogP contribution in [-0.2, 0) is 8.87 Å². The molecular formula is C7H5Cl3O2S2. The van der Waals surface area contributed by atoms with Crippen molar-refractivity contribution in [3.8, 4) is 0 Å². The first-order chi connectivity index (χ1) is 6.31. The summed E-state index contributed by atoms with van der Waals surface area (Å²) < 4.78 is 21.2. The number of alkyl halides is 3. The van der Waals surface area contributed by atoms with Crippen molar-refractivity contribution in [3.63, 3.8) is 0 Å². The summed E-state index contributed by atoms with van der Waals surface area (Å²) in [6.07, 6.45) is 0. The summed E-state index contributed by atoms with van der Waals surface area (Å²) in [7, 11) is -3.32. The average molecular weight is 292 g/mol. The Morgan fingerprint density at radius 1 is 1.07 bits per heavy atom. The number of rotatable bonds is 2. The van der Waals surface area contributed by atoms with Gasteiger partial charge in [-0.05, 0) is 12.1 Å². The van der Waals surface area contributed by atoms with Crippen molar-refractivity contribution >= 4 is 54.5 Å². The molecule has 2 nitrogen and oxygen atoms in total. The van der Waals surface area contributed by atoms with Gasteiger partial charge in [0.25, 0.3) is 3.12 Å². The SMILES string of the molecule is O=S(=O)(SC(Cl)(Cl)Cl)c1ccccc1. The number of hydrogen-bond acceptors (Lipinski definition) is 3. The van der Waals surface area contributed by atoms with Crippen LogP contribution in [-0.4, -0.2) is 11.5 Å². The normalized spacial score (nSPS) is 12.8. The molecule has 0 aliphatic heterocycles. The van der Waals surface area contributed by atoms with E-state index in [1.807, 2.05) is 0 Å². The van der Waals surface area contributed by atoms with Crippen molar-refractivity contribution in [1.82, 2.24) is 0 Å². The molecule has 0 atom stereocenters. The molecule has 0 unspecified atom stereocenters. The molecule has 0 saturated carbocycles. The number of hydrogen-bond donors (Lipinski definition) is 0. The lowest BCUT2D eigenvalue weighted by molar-refractivity contribution is 0.610. The topological polar surface area (TPSA) is 34.1 Å². The van der Waals surface area contributed by atoms with Crippen molar-refractivity contribution < 1.29 is 8.42 Å². The van der Waals surface area contributed by atoms with Crippen molar-refractivity contribution in [2.24, 2.45) is 0 Å². The Morgan fingerprint density at radius 2 is 1.57 bits per heavy atom. The Kier molecular flexibility index (Phi) is 4.00. The van der Waals surface area contributed by atoms with Gasteiger partial charge in [0.1, 0.15) is 0 Å². The summed E-state index contributed by atoms with van der Waals surface area (Å²) in [6, 6.07) is 7.80. The molecule has 0 bridgehead atoms. The van der Waals surface area contributed by atoms with E-state index in [-0.39, 0.29) is 15.7 Å². The Bertz CT molecular complexity index is 397. The molecule has 1 rings (SSSR count). The van der Waals surface area contributed by atoms with Crippen LogP contribution in [0.2, 0.25) is 0 Å². The van der Waals surface area contributed by atoms with Crippen molar-refractivity contribution in [2.45, 2.75) is 8.02 Å². The van der Waals surface area contributed by atoms with E-state index in [9.17, 15) is 8.42 Å². The van der Waals surface area contributed by atoms with E-state index in [1.54, 1.807) is 18.2 Å². The van der Waals surface area contributed by atoms with Gasteiger partial charge in [0.2, 0.25) is 8.87 Å². The molecule has 0 fully saturated rings. The van der Waals surface area contributed by atoms with Crippen molar-refractivity contribution in [3.05, 3.63) is 30.3 Å². The molecule has 0 heterocycles. The van der Waals surface area contributed by atoms with Gasteiger partial charge in [-0.25, -0.2) is 8.42 Å². The van der Waals surface area contributed by atoms with Gasteiger partial charge in [-0.1, -0.05) is 53.0 Å². The van der Waals surface area contributed by atoms with Gasteiger partial charge in [0, 0.05) is 10.8 Å². The second-order valence-electron chi connectivity index (χ2n) is 2.30. The molecule has 0 N–H and O–H groups in total. The Morgan fingerprint density at radius 3 is 2.00 bits per heavy atom. The minimum Gasteiger partial charge on any atom is -0.212 e. The Labute approximate surface area is 101 Å². The maximum atomic E-state index is 11.6. The lowest BCUT2D eigenvalue weighted by Gasteiger charge is -2.09. The zero-order valence-corrected chi connectivity index (χ0v) is 10.6. The van der Waals surface area contributed by atoms with E-state index in [1.165, 1.54) is 12.1 Å². The molecule has 0 aromatic heterocycles. The summed E-state index contributed by atoms with van der Waals surface area (Å²) in [5, 5.41) is 0. The second kappa shape index (κ2) is 4.49. The fourth-order valence-electron chi connectivity index (χ4n) is 0.760. The second-order valence-corrected chi connectivity index (χ2v) is 9.22. The molecule has 1 aromatic rings. The van der Waals surface area contributed by atoms with Gasteiger partial charge in [0.05, 0.1) is 4.90 Å². The average Bonchev–Trinajstić information content (AvgIpc) is 2.01. The lowest BCUT2D eigenvalue weighted by atomic mass is 10.4. The van der Waals surface area contributed by atoms with Crippen LogP contribution < -0.4 is 0 Å². The van der Waals surface area contributed by atoms with Gasteiger partial charge in [0.15, 0.2) is 0 Å². The van der Waals surface area contributed by atoms with E-state index < -0.39 is 12.0 Å². The van der Waals surface area contributed by atoms with Crippen LogP contribution in [0.3, 0.4) is 0 Å². The smallest absolute Gasteiger partial charge is 0.212 e. The van der Waals surface area contributed by atoms with Crippen LogP contribution in [0.4, 0.5) is 0 Å². The molecule has 1 aromatic carbocycles. The van der Waals surface area contributed by atoms with E-state index in [4.69, 9.17) is 34.8 Å². The summed E-state index contributed by atoms with van der Waals surface area (Å²) in [5.41, 5.74) is 0. The zero-order chi connectivity index (χ0) is 10.8. The third-order valence-corrected chi connectivity index (χ3v) is 6.00. The predicted octanol–water partition coefficient (Wildman–Crippen LogP) is 3.44. The molecule has 0 spiro atoms. The van der Waals surface area contributed by atoms with E-state index in [2.05, 4.69) is 0 Å². The highest BCUT2D eigenvalue weighted by atomic mass is 35.6. The fourth-order valence-corrected chi connectivity index (χ4v) is 5.20. The minimum absolute atomic E-state index is 0.122. The Balaban J connectivity index is 2.99. The van der Waals surface area contributed by atoms with Crippen LogP contribution in [0.1, 0.15) is 0 Å². The maximum absolute atomic E-state index is 11.6. The fraction of sp³-hybridized carbons (Fsp3) is 0.143. The molecule has 7 heteroatoms. The number of benzene rings is 1. The molecule has 0 aliphatic carbocycles. The van der Waals surface area contributed by atoms with Gasteiger partial charge >= 0.3 is 0 Å². The highest BCUT2D eigenvalue weighted by molar-refractivity contribution is 8.73. The monoisotopic (exact) mass is 290 g/mol.